The highest BCUT2D eigenvalue weighted by atomic mass is 35.5. The summed E-state index contributed by atoms with van der Waals surface area (Å²) in [6, 6.07) is 13.7. The Morgan fingerprint density at radius 3 is 2.84 bits per heavy atom. The number of hydrogen-bond donors (Lipinski definition) is 1. The molecule has 0 radical (unpaired) electrons. The lowest BCUT2D eigenvalue weighted by Gasteiger charge is -2.07. The summed E-state index contributed by atoms with van der Waals surface area (Å²) in [4.78, 5) is 19.1. The summed E-state index contributed by atoms with van der Waals surface area (Å²) in [5.74, 6) is -0.324. The predicted molar refractivity (Wildman–Crippen MR) is 96.3 cm³/mol. The Kier molecular flexibility index (Phi) is 3.86. The molecule has 1 N–H and O–H groups in total. The van der Waals surface area contributed by atoms with Crippen LogP contribution < -0.4 is 5.69 Å². The third-order valence-electron chi connectivity index (χ3n) is 4.09. The molecule has 4 rings (SSSR count). The molecular weight excluding hydrogens is 341 g/mol. The lowest BCUT2D eigenvalue weighted by Crippen LogP contribution is -2.17. The quantitative estimate of drug-likeness (QED) is 0.599. The summed E-state index contributed by atoms with van der Waals surface area (Å²) in [5.41, 5.74) is 3.65. The molecule has 124 valence electrons. The normalized spacial score (nSPS) is 11.1. The SMILES string of the molecule is O=c1[nH]c2ccc(-c3ccncc3Cl)cc2n1Cc1cccc(F)c1. The van der Waals surface area contributed by atoms with Gasteiger partial charge in [-0.1, -0.05) is 29.8 Å². The van der Waals surface area contributed by atoms with Crippen LogP contribution in [0.5, 0.6) is 0 Å². The van der Waals surface area contributed by atoms with Crippen molar-refractivity contribution in [2.45, 2.75) is 6.54 Å². The zero-order valence-electron chi connectivity index (χ0n) is 13.0. The van der Waals surface area contributed by atoms with E-state index in [0.717, 1.165) is 27.7 Å². The Labute approximate surface area is 147 Å². The van der Waals surface area contributed by atoms with Gasteiger partial charge in [-0.05, 0) is 41.5 Å². The van der Waals surface area contributed by atoms with Crippen LogP contribution in [0.4, 0.5) is 4.39 Å². The lowest BCUT2D eigenvalue weighted by atomic mass is 10.1. The maximum absolute atomic E-state index is 13.4. The number of aromatic nitrogens is 3. The van der Waals surface area contributed by atoms with Crippen LogP contribution in [-0.2, 0) is 6.54 Å². The molecule has 2 aromatic carbocycles. The van der Waals surface area contributed by atoms with Crippen molar-refractivity contribution in [3.8, 4) is 11.1 Å². The molecule has 2 aromatic heterocycles. The van der Waals surface area contributed by atoms with Crippen LogP contribution in [0.3, 0.4) is 0 Å². The zero-order valence-corrected chi connectivity index (χ0v) is 13.8. The number of benzene rings is 2. The number of rotatable bonds is 3. The highest BCUT2D eigenvalue weighted by molar-refractivity contribution is 6.33. The van der Waals surface area contributed by atoms with Crippen molar-refractivity contribution in [3.05, 3.63) is 87.8 Å². The van der Waals surface area contributed by atoms with E-state index in [1.54, 1.807) is 29.1 Å². The number of pyridine rings is 1. The first-order chi connectivity index (χ1) is 12.1. The molecule has 0 aliphatic heterocycles. The second-order valence-electron chi connectivity index (χ2n) is 5.73. The Balaban J connectivity index is 1.84. The van der Waals surface area contributed by atoms with Gasteiger partial charge in [-0.2, -0.15) is 0 Å². The number of nitrogens with zero attached hydrogens (tertiary/aromatic N) is 2. The molecule has 0 saturated heterocycles. The van der Waals surface area contributed by atoms with Crippen LogP contribution in [0.2, 0.25) is 5.02 Å². The Bertz CT molecular complexity index is 1130. The number of nitrogens with one attached hydrogen (secondary N) is 1. The van der Waals surface area contributed by atoms with Gasteiger partial charge in [0.2, 0.25) is 0 Å². The summed E-state index contributed by atoms with van der Waals surface area (Å²) >= 11 is 6.22. The minimum atomic E-state index is -0.324. The topological polar surface area (TPSA) is 50.7 Å². The molecule has 0 aliphatic carbocycles. The average molecular weight is 354 g/mol. The van der Waals surface area contributed by atoms with E-state index < -0.39 is 0 Å². The predicted octanol–water partition coefficient (Wildman–Crippen LogP) is 4.23. The van der Waals surface area contributed by atoms with Gasteiger partial charge >= 0.3 is 5.69 Å². The van der Waals surface area contributed by atoms with Crippen molar-refractivity contribution < 1.29 is 4.39 Å². The Morgan fingerprint density at radius 2 is 2.04 bits per heavy atom. The van der Waals surface area contributed by atoms with Crippen LogP contribution in [-0.4, -0.2) is 14.5 Å². The molecule has 0 amide bonds. The molecule has 0 bridgehead atoms. The van der Waals surface area contributed by atoms with E-state index in [9.17, 15) is 9.18 Å². The van der Waals surface area contributed by atoms with Crippen LogP contribution >= 0.6 is 11.6 Å². The number of aromatic amines is 1. The summed E-state index contributed by atoms with van der Waals surface area (Å²) in [5, 5.41) is 0.538. The van der Waals surface area contributed by atoms with Crippen molar-refractivity contribution in [1.29, 1.82) is 0 Å². The number of imidazole rings is 1. The molecule has 25 heavy (non-hydrogen) atoms. The van der Waals surface area contributed by atoms with Crippen LogP contribution in [0.25, 0.3) is 22.2 Å². The first-order valence-electron chi connectivity index (χ1n) is 7.69. The van der Waals surface area contributed by atoms with Gasteiger partial charge in [-0.3, -0.25) is 9.55 Å². The van der Waals surface area contributed by atoms with E-state index in [4.69, 9.17) is 11.6 Å². The molecule has 0 spiro atoms. The minimum absolute atomic E-state index is 0.239. The van der Waals surface area contributed by atoms with Crippen LogP contribution in [0.15, 0.2) is 65.7 Å². The largest absolute Gasteiger partial charge is 0.326 e. The molecule has 4 nitrogen and oxygen atoms in total. The van der Waals surface area contributed by atoms with Gasteiger partial charge in [0.1, 0.15) is 5.82 Å². The second-order valence-corrected chi connectivity index (χ2v) is 6.14. The molecule has 2 heterocycles. The molecule has 0 fully saturated rings. The van der Waals surface area contributed by atoms with Gasteiger partial charge in [0.15, 0.2) is 0 Å². The van der Waals surface area contributed by atoms with Crippen molar-refractivity contribution in [3.63, 3.8) is 0 Å². The van der Waals surface area contributed by atoms with Crippen molar-refractivity contribution in [1.82, 2.24) is 14.5 Å². The minimum Gasteiger partial charge on any atom is -0.306 e. The Hall–Kier alpha value is -2.92. The summed E-state index contributed by atoms with van der Waals surface area (Å²) in [7, 11) is 0. The molecule has 0 aliphatic rings. The number of halogens is 2. The van der Waals surface area contributed by atoms with Crippen LogP contribution in [0.1, 0.15) is 5.56 Å². The van der Waals surface area contributed by atoms with E-state index >= 15 is 0 Å². The number of fused-ring (bicyclic) bond motifs is 1. The maximum Gasteiger partial charge on any atom is 0.326 e. The Morgan fingerprint density at radius 1 is 1.16 bits per heavy atom. The van der Waals surface area contributed by atoms with E-state index in [0.29, 0.717) is 5.02 Å². The summed E-state index contributed by atoms with van der Waals surface area (Å²) in [6.45, 7) is 0.282. The fourth-order valence-corrected chi connectivity index (χ4v) is 3.13. The van der Waals surface area contributed by atoms with Crippen LogP contribution in [0, 0.1) is 5.82 Å². The standard InChI is InChI=1S/C19H13ClFN3O/c20-16-10-22-7-6-15(16)13-4-5-17-18(9-13)24(19(25)23-17)11-12-2-1-3-14(21)8-12/h1-10H,11H2,(H,23,25). The van der Waals surface area contributed by atoms with Crippen molar-refractivity contribution in [2.24, 2.45) is 0 Å². The third kappa shape index (κ3) is 2.94. The van der Waals surface area contributed by atoms with E-state index in [2.05, 4.69) is 9.97 Å². The fraction of sp³-hybridized carbons (Fsp3) is 0.0526. The first-order valence-corrected chi connectivity index (χ1v) is 8.06. The molecular formula is C19H13ClFN3O. The van der Waals surface area contributed by atoms with Gasteiger partial charge in [0.05, 0.1) is 22.6 Å². The second kappa shape index (κ2) is 6.18. The van der Waals surface area contributed by atoms with Gasteiger partial charge in [0.25, 0.3) is 0 Å². The van der Waals surface area contributed by atoms with Crippen molar-refractivity contribution >= 4 is 22.6 Å². The van der Waals surface area contributed by atoms with Gasteiger partial charge in [0, 0.05) is 18.0 Å². The van der Waals surface area contributed by atoms with E-state index in [1.807, 2.05) is 24.3 Å². The molecule has 0 unspecified atom stereocenters. The van der Waals surface area contributed by atoms with Gasteiger partial charge in [-0.15, -0.1) is 0 Å². The lowest BCUT2D eigenvalue weighted by molar-refractivity contribution is 0.623. The number of H-pyrrole nitrogens is 1. The van der Waals surface area contributed by atoms with Crippen molar-refractivity contribution in [2.75, 3.05) is 0 Å². The summed E-state index contributed by atoms with van der Waals surface area (Å²) in [6.07, 6.45) is 3.25. The van der Waals surface area contributed by atoms with Gasteiger partial charge < -0.3 is 4.98 Å². The number of hydrogen-bond acceptors (Lipinski definition) is 2. The smallest absolute Gasteiger partial charge is 0.306 e. The highest BCUT2D eigenvalue weighted by Crippen LogP contribution is 2.28. The monoisotopic (exact) mass is 353 g/mol. The zero-order chi connectivity index (χ0) is 17.4. The van der Waals surface area contributed by atoms with E-state index in [1.165, 1.54) is 12.1 Å². The molecule has 0 saturated carbocycles. The molecule has 4 aromatic rings. The average Bonchev–Trinajstić information content (AvgIpc) is 2.90. The fourth-order valence-electron chi connectivity index (χ4n) is 2.90. The van der Waals surface area contributed by atoms with E-state index in [-0.39, 0.29) is 18.1 Å². The highest BCUT2D eigenvalue weighted by Gasteiger charge is 2.11. The first kappa shape index (κ1) is 15.6. The summed E-state index contributed by atoms with van der Waals surface area (Å²) < 4.78 is 15.0. The van der Waals surface area contributed by atoms with Gasteiger partial charge in [-0.25, -0.2) is 9.18 Å². The maximum atomic E-state index is 13.4. The third-order valence-corrected chi connectivity index (χ3v) is 4.39. The molecule has 6 heteroatoms. The molecule has 0 atom stereocenters.